The molecule has 1 heterocycles. The van der Waals surface area contributed by atoms with Crippen LogP contribution in [0.3, 0.4) is 0 Å². The van der Waals surface area contributed by atoms with E-state index in [2.05, 4.69) is 15.5 Å². The fraction of sp³-hybridized carbons (Fsp3) is 0. The number of halogens is 1. The number of hydrogen-bond acceptors (Lipinski definition) is 4. The number of anilines is 1. The lowest BCUT2D eigenvalue weighted by molar-refractivity contribution is 1.29. The van der Waals surface area contributed by atoms with Gasteiger partial charge in [-0.3, -0.25) is 5.43 Å². The first-order chi connectivity index (χ1) is 10.3. The molecule has 0 spiro atoms. The molecular weight excluding hydrogens is 302 g/mol. The molecule has 1 N–H and O–H groups in total. The average Bonchev–Trinajstić information content (AvgIpc) is 2.97. The van der Waals surface area contributed by atoms with Gasteiger partial charge in [-0.25, -0.2) is 4.98 Å². The summed E-state index contributed by atoms with van der Waals surface area (Å²) in [7, 11) is 0. The van der Waals surface area contributed by atoms with Crippen molar-refractivity contribution in [2.75, 3.05) is 5.43 Å². The van der Waals surface area contributed by atoms with Crippen LogP contribution in [0.25, 0.3) is 11.3 Å². The molecular formula is C16H12ClN3S. The Labute approximate surface area is 131 Å². The number of nitrogens with zero attached hydrogens (tertiary/aromatic N) is 2. The molecule has 0 aliphatic heterocycles. The van der Waals surface area contributed by atoms with E-state index >= 15 is 0 Å². The molecule has 0 bridgehead atoms. The van der Waals surface area contributed by atoms with Gasteiger partial charge in [-0.15, -0.1) is 11.3 Å². The van der Waals surface area contributed by atoms with Crippen molar-refractivity contribution in [1.29, 1.82) is 0 Å². The van der Waals surface area contributed by atoms with Crippen LogP contribution in [-0.4, -0.2) is 11.2 Å². The van der Waals surface area contributed by atoms with Gasteiger partial charge in [0, 0.05) is 16.0 Å². The minimum atomic E-state index is 0.694. The molecule has 104 valence electrons. The zero-order chi connectivity index (χ0) is 14.5. The molecule has 0 amide bonds. The molecule has 3 aromatic rings. The van der Waals surface area contributed by atoms with Gasteiger partial charge in [-0.05, 0) is 17.7 Å². The van der Waals surface area contributed by atoms with Crippen molar-refractivity contribution in [2.24, 2.45) is 5.10 Å². The summed E-state index contributed by atoms with van der Waals surface area (Å²) in [5, 5.41) is 7.63. The molecule has 0 aliphatic carbocycles. The number of hydrazone groups is 1. The van der Waals surface area contributed by atoms with Crippen LogP contribution in [0.5, 0.6) is 0 Å². The van der Waals surface area contributed by atoms with Crippen molar-refractivity contribution in [3.8, 4) is 11.3 Å². The Morgan fingerprint density at radius 2 is 1.95 bits per heavy atom. The number of rotatable bonds is 4. The van der Waals surface area contributed by atoms with Crippen LogP contribution < -0.4 is 5.43 Å². The van der Waals surface area contributed by atoms with E-state index in [4.69, 9.17) is 11.6 Å². The van der Waals surface area contributed by atoms with Gasteiger partial charge in [0.15, 0.2) is 0 Å². The van der Waals surface area contributed by atoms with Gasteiger partial charge in [0.25, 0.3) is 0 Å². The summed E-state index contributed by atoms with van der Waals surface area (Å²) in [4.78, 5) is 4.50. The highest BCUT2D eigenvalue weighted by molar-refractivity contribution is 7.14. The fourth-order valence-electron chi connectivity index (χ4n) is 1.82. The fourth-order valence-corrected chi connectivity index (χ4v) is 2.68. The van der Waals surface area contributed by atoms with Gasteiger partial charge in [0.1, 0.15) is 0 Å². The third-order valence-corrected chi connectivity index (χ3v) is 3.78. The lowest BCUT2D eigenvalue weighted by Crippen LogP contribution is -1.90. The summed E-state index contributed by atoms with van der Waals surface area (Å²) in [6, 6.07) is 17.6. The van der Waals surface area contributed by atoms with E-state index in [0.717, 1.165) is 22.0 Å². The molecule has 0 unspecified atom stereocenters. The first-order valence-corrected chi connectivity index (χ1v) is 7.62. The normalized spacial score (nSPS) is 10.9. The highest BCUT2D eigenvalue weighted by Gasteiger charge is 2.02. The van der Waals surface area contributed by atoms with Crippen LogP contribution in [-0.2, 0) is 0 Å². The Balaban J connectivity index is 1.68. The van der Waals surface area contributed by atoms with Gasteiger partial charge in [-0.1, -0.05) is 54.1 Å². The number of benzene rings is 2. The standard InChI is InChI=1S/C16H12ClN3S/c17-14-8-4-5-12(9-14)10-18-20-16-19-15(11-21-16)13-6-2-1-3-7-13/h1-11H,(H,19,20)/b18-10+. The topological polar surface area (TPSA) is 37.3 Å². The zero-order valence-electron chi connectivity index (χ0n) is 11.0. The quantitative estimate of drug-likeness (QED) is 0.549. The average molecular weight is 314 g/mol. The smallest absolute Gasteiger partial charge is 0.203 e. The van der Waals surface area contributed by atoms with E-state index in [9.17, 15) is 0 Å². The first kappa shape index (κ1) is 13.8. The predicted molar refractivity (Wildman–Crippen MR) is 90.2 cm³/mol. The second-order valence-corrected chi connectivity index (χ2v) is 5.62. The van der Waals surface area contributed by atoms with Crippen molar-refractivity contribution in [3.63, 3.8) is 0 Å². The summed E-state index contributed by atoms with van der Waals surface area (Å²) in [6.45, 7) is 0. The van der Waals surface area contributed by atoms with Crippen LogP contribution in [0.1, 0.15) is 5.56 Å². The van der Waals surface area contributed by atoms with Crippen LogP contribution in [0.4, 0.5) is 5.13 Å². The van der Waals surface area contributed by atoms with Crippen LogP contribution in [0, 0.1) is 0 Å². The Morgan fingerprint density at radius 3 is 2.76 bits per heavy atom. The maximum Gasteiger partial charge on any atom is 0.203 e. The van der Waals surface area contributed by atoms with Gasteiger partial charge >= 0.3 is 0 Å². The number of thiazole rings is 1. The Morgan fingerprint density at radius 1 is 1.10 bits per heavy atom. The van der Waals surface area contributed by atoms with Crippen molar-refractivity contribution < 1.29 is 0 Å². The lowest BCUT2D eigenvalue weighted by Gasteiger charge is -1.96. The summed E-state index contributed by atoms with van der Waals surface area (Å²) < 4.78 is 0. The molecule has 0 fully saturated rings. The Bertz CT molecular complexity index is 753. The molecule has 1 aromatic heterocycles. The second kappa shape index (κ2) is 6.52. The van der Waals surface area contributed by atoms with Crippen LogP contribution >= 0.6 is 22.9 Å². The second-order valence-electron chi connectivity index (χ2n) is 4.33. The molecule has 5 heteroatoms. The maximum absolute atomic E-state index is 5.92. The number of aromatic nitrogens is 1. The highest BCUT2D eigenvalue weighted by atomic mass is 35.5. The molecule has 2 aromatic carbocycles. The third kappa shape index (κ3) is 3.68. The van der Waals surface area contributed by atoms with Crippen LogP contribution in [0.15, 0.2) is 65.1 Å². The molecule has 21 heavy (non-hydrogen) atoms. The van der Waals surface area contributed by atoms with E-state index in [1.165, 1.54) is 11.3 Å². The molecule has 0 radical (unpaired) electrons. The maximum atomic E-state index is 5.92. The molecule has 3 nitrogen and oxygen atoms in total. The van der Waals surface area contributed by atoms with Gasteiger partial charge in [0.05, 0.1) is 11.9 Å². The summed E-state index contributed by atoms with van der Waals surface area (Å²) in [6.07, 6.45) is 1.72. The summed E-state index contributed by atoms with van der Waals surface area (Å²) in [5.74, 6) is 0. The number of nitrogens with one attached hydrogen (secondary N) is 1. The van der Waals surface area contributed by atoms with E-state index in [1.807, 2.05) is 60.0 Å². The molecule has 0 saturated heterocycles. The summed E-state index contributed by atoms with van der Waals surface area (Å²) >= 11 is 7.44. The zero-order valence-corrected chi connectivity index (χ0v) is 12.6. The van der Waals surface area contributed by atoms with Gasteiger partial charge < -0.3 is 0 Å². The van der Waals surface area contributed by atoms with Crippen molar-refractivity contribution in [1.82, 2.24) is 4.98 Å². The highest BCUT2D eigenvalue weighted by Crippen LogP contribution is 2.24. The SMILES string of the molecule is Clc1cccc(/C=N/Nc2nc(-c3ccccc3)cs2)c1. The van der Waals surface area contributed by atoms with E-state index in [0.29, 0.717) is 5.02 Å². The van der Waals surface area contributed by atoms with Crippen molar-refractivity contribution in [3.05, 3.63) is 70.6 Å². The van der Waals surface area contributed by atoms with Crippen molar-refractivity contribution in [2.45, 2.75) is 0 Å². The Kier molecular flexibility index (Phi) is 4.28. The van der Waals surface area contributed by atoms with Gasteiger partial charge in [-0.2, -0.15) is 5.10 Å². The predicted octanol–water partition coefficient (Wildman–Crippen LogP) is 4.91. The largest absolute Gasteiger partial charge is 0.253 e. The van der Waals surface area contributed by atoms with Gasteiger partial charge in [0.2, 0.25) is 5.13 Å². The van der Waals surface area contributed by atoms with E-state index in [-0.39, 0.29) is 0 Å². The Hall–Kier alpha value is -2.17. The van der Waals surface area contributed by atoms with Crippen molar-refractivity contribution >= 4 is 34.3 Å². The third-order valence-electron chi connectivity index (χ3n) is 2.80. The first-order valence-electron chi connectivity index (χ1n) is 6.37. The van der Waals surface area contributed by atoms with Crippen LogP contribution in [0.2, 0.25) is 5.02 Å². The monoisotopic (exact) mass is 313 g/mol. The molecule has 0 atom stereocenters. The molecule has 0 saturated carbocycles. The summed E-state index contributed by atoms with van der Waals surface area (Å²) in [5.41, 5.74) is 5.92. The number of hydrogen-bond donors (Lipinski definition) is 1. The minimum absolute atomic E-state index is 0.694. The lowest BCUT2D eigenvalue weighted by atomic mass is 10.2. The van der Waals surface area contributed by atoms with E-state index in [1.54, 1.807) is 6.21 Å². The minimum Gasteiger partial charge on any atom is -0.253 e. The van der Waals surface area contributed by atoms with E-state index < -0.39 is 0 Å². The molecule has 0 aliphatic rings. The molecule has 3 rings (SSSR count).